The van der Waals surface area contributed by atoms with Gasteiger partial charge >= 0.3 is 6.61 Å². The van der Waals surface area contributed by atoms with Crippen molar-refractivity contribution >= 4 is 22.7 Å². The number of nitrogens with one attached hydrogen (secondary N) is 1. The molecule has 0 bridgehead atoms. The molecule has 0 amide bonds. The van der Waals surface area contributed by atoms with E-state index >= 15 is 0 Å². The molecule has 8 heteroatoms. The molecule has 0 spiro atoms. The van der Waals surface area contributed by atoms with E-state index < -0.39 is 18.2 Å². The predicted octanol–water partition coefficient (Wildman–Crippen LogP) is 3.39. The zero-order valence-corrected chi connectivity index (χ0v) is 11.3. The summed E-state index contributed by atoms with van der Waals surface area (Å²) in [5, 5.41) is 5.61. The quantitative estimate of drug-likeness (QED) is 0.831. The second kappa shape index (κ2) is 6.00. The van der Waals surface area contributed by atoms with Gasteiger partial charge in [0.2, 0.25) is 0 Å². The largest absolute Gasteiger partial charge is 0.432 e. The van der Waals surface area contributed by atoms with Gasteiger partial charge in [0.25, 0.3) is 0 Å². The molecular formula is C12H12F3N3OS. The summed E-state index contributed by atoms with van der Waals surface area (Å²) >= 11 is 1.45. The minimum absolute atomic E-state index is 0.109. The third-order valence-electron chi connectivity index (χ3n) is 2.42. The van der Waals surface area contributed by atoms with E-state index in [4.69, 9.17) is 5.73 Å². The Morgan fingerprint density at radius 1 is 1.45 bits per heavy atom. The fraction of sp³-hybridized carbons (Fsp3) is 0.250. The van der Waals surface area contributed by atoms with Crippen molar-refractivity contribution < 1.29 is 17.9 Å². The molecule has 2 aromatic rings. The second-order valence-electron chi connectivity index (χ2n) is 3.98. The van der Waals surface area contributed by atoms with Crippen molar-refractivity contribution in [2.24, 2.45) is 0 Å². The van der Waals surface area contributed by atoms with Gasteiger partial charge in [-0.3, -0.25) is 0 Å². The Kier molecular flexibility index (Phi) is 4.33. The van der Waals surface area contributed by atoms with Crippen LogP contribution in [-0.2, 0) is 6.54 Å². The lowest BCUT2D eigenvalue weighted by molar-refractivity contribution is -0.0521. The number of nitrogen functional groups attached to an aromatic ring is 1. The van der Waals surface area contributed by atoms with Gasteiger partial charge in [-0.2, -0.15) is 8.78 Å². The van der Waals surface area contributed by atoms with Crippen molar-refractivity contribution in [2.45, 2.75) is 20.1 Å². The van der Waals surface area contributed by atoms with E-state index in [2.05, 4.69) is 15.0 Å². The topological polar surface area (TPSA) is 60.2 Å². The maximum atomic E-state index is 13.4. The SMILES string of the molecule is Cc1csc(CNc2cc(OC(F)F)c(F)cc2N)n1. The minimum atomic E-state index is -3.09. The Morgan fingerprint density at radius 2 is 2.20 bits per heavy atom. The molecule has 0 saturated carbocycles. The van der Waals surface area contributed by atoms with Crippen molar-refractivity contribution in [1.29, 1.82) is 0 Å². The molecule has 1 aromatic carbocycles. The summed E-state index contributed by atoms with van der Waals surface area (Å²) in [5.41, 5.74) is 6.94. The van der Waals surface area contributed by atoms with Crippen molar-refractivity contribution in [2.75, 3.05) is 11.1 Å². The van der Waals surface area contributed by atoms with Gasteiger partial charge in [-0.05, 0) is 6.92 Å². The molecular weight excluding hydrogens is 291 g/mol. The van der Waals surface area contributed by atoms with Crippen LogP contribution in [0.15, 0.2) is 17.5 Å². The molecule has 0 saturated heterocycles. The summed E-state index contributed by atoms with van der Waals surface area (Å²) in [6, 6.07) is 2.05. The van der Waals surface area contributed by atoms with Crippen LogP contribution in [0.4, 0.5) is 24.5 Å². The molecule has 0 fully saturated rings. The number of alkyl halides is 2. The van der Waals surface area contributed by atoms with E-state index in [0.717, 1.165) is 22.8 Å². The minimum Gasteiger partial charge on any atom is -0.432 e. The number of ether oxygens (including phenoxy) is 1. The number of thiazole rings is 1. The highest BCUT2D eigenvalue weighted by Crippen LogP contribution is 2.29. The van der Waals surface area contributed by atoms with E-state index in [1.165, 1.54) is 11.3 Å². The van der Waals surface area contributed by atoms with E-state index in [0.29, 0.717) is 12.2 Å². The van der Waals surface area contributed by atoms with Crippen LogP contribution in [0.1, 0.15) is 10.7 Å². The molecule has 4 nitrogen and oxygen atoms in total. The molecule has 1 heterocycles. The zero-order valence-electron chi connectivity index (χ0n) is 10.5. The summed E-state index contributed by atoms with van der Waals surface area (Å²) < 4.78 is 41.7. The number of benzene rings is 1. The maximum absolute atomic E-state index is 13.4. The lowest BCUT2D eigenvalue weighted by atomic mass is 10.2. The molecule has 1 aromatic heterocycles. The highest BCUT2D eigenvalue weighted by molar-refractivity contribution is 7.09. The zero-order chi connectivity index (χ0) is 14.7. The van der Waals surface area contributed by atoms with E-state index in [1.807, 2.05) is 12.3 Å². The van der Waals surface area contributed by atoms with Gasteiger partial charge in [-0.1, -0.05) is 0 Å². The number of aromatic nitrogens is 1. The van der Waals surface area contributed by atoms with Crippen LogP contribution in [0, 0.1) is 12.7 Å². The number of anilines is 2. The summed E-state index contributed by atoms with van der Waals surface area (Å²) in [7, 11) is 0. The monoisotopic (exact) mass is 303 g/mol. The molecule has 2 rings (SSSR count). The van der Waals surface area contributed by atoms with E-state index in [9.17, 15) is 13.2 Å². The summed E-state index contributed by atoms with van der Waals surface area (Å²) in [6.45, 7) is -0.869. The van der Waals surface area contributed by atoms with Crippen LogP contribution in [0.3, 0.4) is 0 Å². The molecule has 108 valence electrons. The maximum Gasteiger partial charge on any atom is 0.387 e. The first-order chi connectivity index (χ1) is 9.45. The van der Waals surface area contributed by atoms with Gasteiger partial charge in [0, 0.05) is 23.2 Å². The number of rotatable bonds is 5. The lowest BCUT2D eigenvalue weighted by Crippen LogP contribution is -2.07. The van der Waals surface area contributed by atoms with Crippen molar-refractivity contribution in [3.63, 3.8) is 0 Å². The fourth-order valence-corrected chi connectivity index (χ4v) is 2.27. The third kappa shape index (κ3) is 3.53. The summed E-state index contributed by atoms with van der Waals surface area (Å²) in [5.74, 6) is -1.48. The van der Waals surface area contributed by atoms with E-state index in [-0.39, 0.29) is 5.69 Å². The number of hydrogen-bond acceptors (Lipinski definition) is 5. The molecule has 3 N–H and O–H groups in total. The van der Waals surface area contributed by atoms with Gasteiger partial charge in [-0.15, -0.1) is 11.3 Å². The Bertz CT molecular complexity index is 604. The first kappa shape index (κ1) is 14.4. The first-order valence-electron chi connectivity index (χ1n) is 5.64. The highest BCUT2D eigenvalue weighted by Gasteiger charge is 2.13. The van der Waals surface area contributed by atoms with Gasteiger partial charge < -0.3 is 15.8 Å². The van der Waals surface area contributed by atoms with Crippen molar-refractivity contribution in [3.8, 4) is 5.75 Å². The molecule has 0 unspecified atom stereocenters. The standard InChI is InChI=1S/C12H12F3N3OS/c1-6-5-20-11(18-6)4-17-9-3-10(19-12(14)15)7(13)2-8(9)16/h2-3,5,12,17H,4,16H2,1H3. The van der Waals surface area contributed by atoms with Gasteiger partial charge in [0.1, 0.15) is 5.01 Å². The summed E-state index contributed by atoms with van der Waals surface area (Å²) in [4.78, 5) is 4.23. The smallest absolute Gasteiger partial charge is 0.387 e. The van der Waals surface area contributed by atoms with Crippen LogP contribution in [-0.4, -0.2) is 11.6 Å². The van der Waals surface area contributed by atoms with Crippen LogP contribution >= 0.6 is 11.3 Å². The predicted molar refractivity (Wildman–Crippen MR) is 71.6 cm³/mol. The van der Waals surface area contributed by atoms with Gasteiger partial charge in [0.05, 0.1) is 17.9 Å². The van der Waals surface area contributed by atoms with Crippen LogP contribution in [0.2, 0.25) is 0 Å². The first-order valence-corrected chi connectivity index (χ1v) is 6.52. The number of aryl methyl sites for hydroxylation is 1. The molecule has 0 aliphatic heterocycles. The van der Waals surface area contributed by atoms with Gasteiger partial charge in [0.15, 0.2) is 11.6 Å². The van der Waals surface area contributed by atoms with Crippen molar-refractivity contribution in [3.05, 3.63) is 34.0 Å². The molecule has 0 aliphatic rings. The van der Waals surface area contributed by atoms with Crippen LogP contribution in [0.5, 0.6) is 5.75 Å². The fourth-order valence-electron chi connectivity index (χ4n) is 1.56. The highest BCUT2D eigenvalue weighted by atomic mass is 32.1. The van der Waals surface area contributed by atoms with E-state index in [1.54, 1.807) is 0 Å². The molecule has 0 atom stereocenters. The van der Waals surface area contributed by atoms with Gasteiger partial charge in [-0.25, -0.2) is 9.37 Å². The Hall–Kier alpha value is -1.96. The molecule has 0 radical (unpaired) electrons. The Balaban J connectivity index is 2.14. The normalized spacial score (nSPS) is 10.8. The lowest BCUT2D eigenvalue weighted by Gasteiger charge is -2.12. The Labute approximate surface area is 117 Å². The van der Waals surface area contributed by atoms with Crippen LogP contribution < -0.4 is 15.8 Å². The number of nitrogens with two attached hydrogens (primary N) is 1. The Morgan fingerprint density at radius 3 is 2.80 bits per heavy atom. The second-order valence-corrected chi connectivity index (χ2v) is 4.93. The molecule has 0 aliphatic carbocycles. The average molecular weight is 303 g/mol. The summed E-state index contributed by atoms with van der Waals surface area (Å²) in [6.07, 6.45) is 0. The molecule has 20 heavy (non-hydrogen) atoms. The third-order valence-corrected chi connectivity index (χ3v) is 3.38. The number of hydrogen-bond donors (Lipinski definition) is 2. The number of nitrogens with zero attached hydrogens (tertiary/aromatic N) is 1. The average Bonchev–Trinajstić information content (AvgIpc) is 2.76. The number of halogens is 3. The van der Waals surface area contributed by atoms with Crippen molar-refractivity contribution in [1.82, 2.24) is 4.98 Å². The van der Waals surface area contributed by atoms with Crippen LogP contribution in [0.25, 0.3) is 0 Å².